The predicted octanol–water partition coefficient (Wildman–Crippen LogP) is 0.746. The van der Waals surface area contributed by atoms with Crippen LogP contribution < -0.4 is 15.8 Å². The van der Waals surface area contributed by atoms with Crippen LogP contribution in [-0.4, -0.2) is 28.1 Å². The number of hydrogen-bond acceptors (Lipinski definition) is 4. The van der Waals surface area contributed by atoms with E-state index in [1.165, 1.54) is 12.1 Å². The van der Waals surface area contributed by atoms with Gasteiger partial charge in [-0.25, -0.2) is 13.6 Å². The Bertz CT molecular complexity index is 429. The molecule has 0 radical (unpaired) electrons. The molecule has 1 aromatic rings. The van der Waals surface area contributed by atoms with Gasteiger partial charge in [-0.1, -0.05) is 6.92 Å². The Labute approximate surface area is 102 Å². The molecule has 5 nitrogen and oxygen atoms in total. The zero-order valence-electron chi connectivity index (χ0n) is 9.94. The first-order valence-electron chi connectivity index (χ1n) is 5.61. The number of hydrogen-bond donors (Lipinski definition) is 3. The van der Waals surface area contributed by atoms with Crippen LogP contribution in [0.2, 0.25) is 0 Å². The van der Waals surface area contributed by atoms with Gasteiger partial charge >= 0.3 is 0 Å². The summed E-state index contributed by atoms with van der Waals surface area (Å²) in [6.45, 7) is 4.86. The Balaban J connectivity index is 2.41. The van der Waals surface area contributed by atoms with E-state index in [1.807, 2.05) is 0 Å². The third-order valence-electron chi connectivity index (χ3n) is 2.29. The molecule has 0 saturated carbocycles. The maximum atomic E-state index is 11.0. The fourth-order valence-electron chi connectivity index (χ4n) is 1.39. The van der Waals surface area contributed by atoms with Crippen molar-refractivity contribution in [3.05, 3.63) is 24.3 Å². The normalized spacial score (nSPS) is 11.4. The fraction of sp³-hybridized carbons (Fsp3) is 0.455. The Morgan fingerprint density at radius 2 is 1.82 bits per heavy atom. The van der Waals surface area contributed by atoms with Gasteiger partial charge in [0, 0.05) is 12.2 Å². The highest BCUT2D eigenvalue weighted by atomic mass is 32.2. The number of benzene rings is 1. The first-order chi connectivity index (χ1) is 8.04. The molecule has 0 unspecified atom stereocenters. The SMILES string of the molecule is CCNCCCNc1ccc(S(N)(=O)=O)cc1. The first-order valence-corrected chi connectivity index (χ1v) is 7.16. The van der Waals surface area contributed by atoms with Crippen molar-refractivity contribution < 1.29 is 8.42 Å². The van der Waals surface area contributed by atoms with Gasteiger partial charge in [-0.3, -0.25) is 0 Å². The lowest BCUT2D eigenvalue weighted by molar-refractivity contribution is 0.598. The van der Waals surface area contributed by atoms with E-state index in [0.717, 1.165) is 31.7 Å². The molecule has 17 heavy (non-hydrogen) atoms. The van der Waals surface area contributed by atoms with Crippen LogP contribution >= 0.6 is 0 Å². The average molecular weight is 257 g/mol. The lowest BCUT2D eigenvalue weighted by Crippen LogP contribution is -2.17. The summed E-state index contributed by atoms with van der Waals surface area (Å²) < 4.78 is 22.1. The Hall–Kier alpha value is -1.11. The largest absolute Gasteiger partial charge is 0.385 e. The summed E-state index contributed by atoms with van der Waals surface area (Å²) in [5.74, 6) is 0. The average Bonchev–Trinajstić information content (AvgIpc) is 2.28. The van der Waals surface area contributed by atoms with Gasteiger partial charge in [-0.05, 0) is 43.8 Å². The van der Waals surface area contributed by atoms with Crippen molar-refractivity contribution in [1.29, 1.82) is 0 Å². The Morgan fingerprint density at radius 1 is 1.18 bits per heavy atom. The van der Waals surface area contributed by atoms with E-state index in [2.05, 4.69) is 17.6 Å². The van der Waals surface area contributed by atoms with Crippen LogP contribution in [0.5, 0.6) is 0 Å². The van der Waals surface area contributed by atoms with Crippen molar-refractivity contribution in [2.24, 2.45) is 5.14 Å². The van der Waals surface area contributed by atoms with Crippen molar-refractivity contribution in [3.63, 3.8) is 0 Å². The molecule has 4 N–H and O–H groups in total. The minimum atomic E-state index is -3.59. The predicted molar refractivity (Wildman–Crippen MR) is 69.5 cm³/mol. The van der Waals surface area contributed by atoms with E-state index in [-0.39, 0.29) is 4.90 Å². The molecule has 96 valence electrons. The van der Waals surface area contributed by atoms with E-state index in [0.29, 0.717) is 0 Å². The van der Waals surface area contributed by atoms with Crippen LogP contribution in [0, 0.1) is 0 Å². The van der Waals surface area contributed by atoms with E-state index in [9.17, 15) is 8.42 Å². The standard InChI is InChI=1S/C11H19N3O2S/c1-2-13-8-3-9-14-10-4-6-11(7-5-10)17(12,15)16/h4-7,13-14H,2-3,8-9H2,1H3,(H2,12,15,16). The second-order valence-corrected chi connectivity index (χ2v) is 5.26. The number of rotatable bonds is 7. The number of sulfonamides is 1. The molecule has 0 aromatic heterocycles. The summed E-state index contributed by atoms with van der Waals surface area (Å²) in [4.78, 5) is 0.135. The second kappa shape index (κ2) is 6.58. The number of anilines is 1. The van der Waals surface area contributed by atoms with Crippen molar-refractivity contribution in [1.82, 2.24) is 5.32 Å². The first kappa shape index (κ1) is 14.0. The van der Waals surface area contributed by atoms with Crippen molar-refractivity contribution >= 4 is 15.7 Å². The molecule has 0 atom stereocenters. The van der Waals surface area contributed by atoms with E-state index in [4.69, 9.17) is 5.14 Å². The van der Waals surface area contributed by atoms with Crippen LogP contribution in [0.3, 0.4) is 0 Å². The summed E-state index contributed by atoms with van der Waals surface area (Å²) in [6.07, 6.45) is 1.02. The Kier molecular flexibility index (Phi) is 5.40. The van der Waals surface area contributed by atoms with Gasteiger partial charge in [-0.2, -0.15) is 0 Å². The number of nitrogens with two attached hydrogens (primary N) is 1. The van der Waals surface area contributed by atoms with Gasteiger partial charge in [0.2, 0.25) is 10.0 Å². The molecule has 0 aliphatic carbocycles. The van der Waals surface area contributed by atoms with Gasteiger partial charge in [-0.15, -0.1) is 0 Å². The lowest BCUT2D eigenvalue weighted by Gasteiger charge is -2.07. The van der Waals surface area contributed by atoms with Crippen LogP contribution in [0.4, 0.5) is 5.69 Å². The van der Waals surface area contributed by atoms with E-state index >= 15 is 0 Å². The highest BCUT2D eigenvalue weighted by molar-refractivity contribution is 7.89. The fourth-order valence-corrected chi connectivity index (χ4v) is 1.90. The van der Waals surface area contributed by atoms with Crippen molar-refractivity contribution in [3.8, 4) is 0 Å². The quantitative estimate of drug-likeness (QED) is 0.629. The third kappa shape index (κ3) is 5.16. The van der Waals surface area contributed by atoms with Gasteiger partial charge in [0.25, 0.3) is 0 Å². The molecular formula is C11H19N3O2S. The molecule has 1 rings (SSSR count). The minimum absolute atomic E-state index is 0.135. The highest BCUT2D eigenvalue weighted by Gasteiger charge is 2.06. The molecule has 0 aliphatic rings. The third-order valence-corrected chi connectivity index (χ3v) is 3.22. The van der Waals surface area contributed by atoms with Gasteiger partial charge in [0.05, 0.1) is 4.90 Å². The van der Waals surface area contributed by atoms with Crippen molar-refractivity contribution in [2.75, 3.05) is 25.0 Å². The monoisotopic (exact) mass is 257 g/mol. The zero-order chi connectivity index (χ0) is 12.7. The molecular weight excluding hydrogens is 238 g/mol. The molecule has 0 saturated heterocycles. The smallest absolute Gasteiger partial charge is 0.238 e. The maximum absolute atomic E-state index is 11.0. The summed E-state index contributed by atoms with van der Waals surface area (Å²) in [5, 5.41) is 11.4. The molecule has 0 amide bonds. The van der Waals surface area contributed by atoms with Gasteiger partial charge in [0.1, 0.15) is 0 Å². The van der Waals surface area contributed by atoms with Crippen molar-refractivity contribution in [2.45, 2.75) is 18.2 Å². The van der Waals surface area contributed by atoms with Crippen LogP contribution in [0.1, 0.15) is 13.3 Å². The van der Waals surface area contributed by atoms with Crippen LogP contribution in [-0.2, 0) is 10.0 Å². The lowest BCUT2D eigenvalue weighted by atomic mass is 10.3. The number of nitrogens with one attached hydrogen (secondary N) is 2. The highest BCUT2D eigenvalue weighted by Crippen LogP contribution is 2.12. The molecule has 1 aromatic carbocycles. The minimum Gasteiger partial charge on any atom is -0.385 e. The summed E-state index contributed by atoms with van der Waals surface area (Å²) in [6, 6.07) is 6.43. The van der Waals surface area contributed by atoms with Gasteiger partial charge < -0.3 is 10.6 Å². The van der Waals surface area contributed by atoms with E-state index < -0.39 is 10.0 Å². The van der Waals surface area contributed by atoms with Gasteiger partial charge in [0.15, 0.2) is 0 Å². The van der Waals surface area contributed by atoms with Crippen LogP contribution in [0.25, 0.3) is 0 Å². The van der Waals surface area contributed by atoms with E-state index in [1.54, 1.807) is 12.1 Å². The van der Waals surface area contributed by atoms with Crippen LogP contribution in [0.15, 0.2) is 29.2 Å². The molecule has 0 bridgehead atoms. The zero-order valence-corrected chi connectivity index (χ0v) is 10.8. The molecule has 0 heterocycles. The summed E-state index contributed by atoms with van der Waals surface area (Å²) >= 11 is 0. The number of primary sulfonamides is 1. The molecule has 6 heteroatoms. The molecule has 0 spiro atoms. The maximum Gasteiger partial charge on any atom is 0.238 e. The Morgan fingerprint density at radius 3 is 2.35 bits per heavy atom. The summed E-state index contributed by atoms with van der Waals surface area (Å²) in [7, 11) is -3.59. The second-order valence-electron chi connectivity index (χ2n) is 3.70. The summed E-state index contributed by atoms with van der Waals surface area (Å²) in [5.41, 5.74) is 0.897. The topological polar surface area (TPSA) is 84.2 Å². The molecule has 0 aliphatic heterocycles. The molecule has 0 fully saturated rings.